The number of halogens is 2. The van der Waals surface area contributed by atoms with Crippen LogP contribution in [0.4, 0.5) is 0 Å². The smallest absolute Gasteiger partial charge is 0.0233 e. The molecular formula is C20H28I2. The van der Waals surface area contributed by atoms with E-state index in [2.05, 4.69) is 45.2 Å². The average molecular weight is 522 g/mol. The number of hydrogen-bond donors (Lipinski definition) is 0. The van der Waals surface area contributed by atoms with Gasteiger partial charge in [0.05, 0.1) is 0 Å². The Bertz CT molecular complexity index is 462. The average Bonchev–Trinajstić information content (AvgIpc) is 2.31. The molecule has 0 aromatic carbocycles. The fourth-order valence-corrected chi connectivity index (χ4v) is 13.5. The van der Waals surface area contributed by atoms with Crippen molar-refractivity contribution in [1.29, 1.82) is 0 Å². The second kappa shape index (κ2) is 4.23. The summed E-state index contributed by atoms with van der Waals surface area (Å²) in [5, 5.41) is 0. The second-order valence-corrected chi connectivity index (χ2v) is 15.4. The molecule has 8 aliphatic carbocycles. The van der Waals surface area contributed by atoms with Gasteiger partial charge in [0.2, 0.25) is 0 Å². The minimum atomic E-state index is 0.712. The van der Waals surface area contributed by atoms with Crippen LogP contribution in [0.15, 0.2) is 0 Å². The van der Waals surface area contributed by atoms with E-state index in [9.17, 15) is 0 Å². The van der Waals surface area contributed by atoms with Crippen LogP contribution >= 0.6 is 45.2 Å². The molecule has 2 heteroatoms. The molecule has 0 radical (unpaired) electrons. The summed E-state index contributed by atoms with van der Waals surface area (Å²) in [6.07, 6.45) is 19.3. The quantitative estimate of drug-likeness (QED) is 0.271. The Kier molecular flexibility index (Phi) is 2.81. The van der Waals surface area contributed by atoms with Gasteiger partial charge in [0.25, 0.3) is 0 Å². The highest BCUT2D eigenvalue weighted by Crippen LogP contribution is 2.77. The zero-order chi connectivity index (χ0) is 14.8. The van der Waals surface area contributed by atoms with Crippen molar-refractivity contribution in [2.24, 2.45) is 34.5 Å². The lowest BCUT2D eigenvalue weighted by atomic mass is 9.35. The first-order chi connectivity index (χ1) is 10.4. The largest absolute Gasteiger partial charge is 0.0788 e. The van der Waals surface area contributed by atoms with Gasteiger partial charge in [-0.05, 0) is 112 Å². The Morgan fingerprint density at radius 1 is 0.500 bits per heavy atom. The fraction of sp³-hybridized carbons (Fsp3) is 1.00. The van der Waals surface area contributed by atoms with Gasteiger partial charge in [-0.15, -0.1) is 0 Å². The van der Waals surface area contributed by atoms with Crippen molar-refractivity contribution in [2.75, 3.05) is 0 Å². The van der Waals surface area contributed by atoms with Crippen molar-refractivity contribution in [1.82, 2.24) is 0 Å². The Labute approximate surface area is 162 Å². The molecule has 22 heavy (non-hydrogen) atoms. The number of hydrogen-bond acceptors (Lipinski definition) is 0. The predicted octanol–water partition coefficient (Wildman–Crippen LogP) is 6.53. The van der Waals surface area contributed by atoms with Crippen LogP contribution in [0, 0.1) is 34.5 Å². The van der Waals surface area contributed by atoms with Gasteiger partial charge in [0, 0.05) is 6.84 Å². The molecule has 0 aromatic rings. The molecule has 8 rings (SSSR count). The standard InChI is InChI=1S/C20H28I2/c21-19-7-13-1-14(8-19)4-17(3-13,11-19)18-5-15-2-16(6-18)10-20(22,9-15)12-18/h13-16H,1-12H2/t13-,14+,15-,16+,17?,18?,19?,20?. The molecule has 0 heterocycles. The van der Waals surface area contributed by atoms with E-state index in [4.69, 9.17) is 0 Å². The predicted molar refractivity (Wildman–Crippen MR) is 108 cm³/mol. The van der Waals surface area contributed by atoms with Gasteiger partial charge in [0.15, 0.2) is 0 Å². The van der Waals surface area contributed by atoms with Crippen LogP contribution in [-0.2, 0) is 0 Å². The summed E-state index contributed by atoms with van der Waals surface area (Å²) in [5.41, 5.74) is 1.57. The van der Waals surface area contributed by atoms with Gasteiger partial charge < -0.3 is 0 Å². The Morgan fingerprint density at radius 3 is 1.09 bits per heavy atom. The maximum Gasteiger partial charge on any atom is 0.0233 e. The molecule has 0 N–H and O–H groups in total. The van der Waals surface area contributed by atoms with E-state index in [-0.39, 0.29) is 0 Å². The van der Waals surface area contributed by atoms with E-state index in [0.29, 0.717) is 6.84 Å². The van der Waals surface area contributed by atoms with E-state index < -0.39 is 0 Å². The van der Waals surface area contributed by atoms with Crippen LogP contribution in [0.2, 0.25) is 0 Å². The topological polar surface area (TPSA) is 0 Å². The van der Waals surface area contributed by atoms with Crippen LogP contribution in [0.25, 0.3) is 0 Å². The third-order valence-corrected chi connectivity index (χ3v) is 11.6. The lowest BCUT2D eigenvalue weighted by molar-refractivity contribution is -0.183. The highest BCUT2D eigenvalue weighted by Gasteiger charge is 2.69. The molecular weight excluding hydrogens is 494 g/mol. The normalized spacial score (nSPS) is 67.9. The Balaban J connectivity index is 1.46. The summed E-state index contributed by atoms with van der Waals surface area (Å²) in [6.45, 7) is 0. The first kappa shape index (κ1) is 14.6. The summed E-state index contributed by atoms with van der Waals surface area (Å²) in [5.74, 6) is 4.43. The zero-order valence-electron chi connectivity index (χ0n) is 13.6. The molecule has 0 spiro atoms. The molecule has 8 fully saturated rings. The lowest BCUT2D eigenvalue weighted by Crippen LogP contribution is -2.65. The summed E-state index contributed by atoms with van der Waals surface area (Å²) >= 11 is 5.87. The molecule has 0 saturated heterocycles. The van der Waals surface area contributed by atoms with Crippen molar-refractivity contribution < 1.29 is 0 Å². The van der Waals surface area contributed by atoms with Gasteiger partial charge in [-0.25, -0.2) is 0 Å². The zero-order valence-corrected chi connectivity index (χ0v) is 17.9. The monoisotopic (exact) mass is 522 g/mol. The van der Waals surface area contributed by atoms with Crippen LogP contribution in [-0.4, -0.2) is 6.84 Å². The summed E-state index contributed by atoms with van der Waals surface area (Å²) < 4.78 is 1.42. The first-order valence-corrected chi connectivity index (χ1v) is 11.9. The highest BCUT2D eigenvalue weighted by molar-refractivity contribution is 14.1. The van der Waals surface area contributed by atoms with Crippen molar-refractivity contribution in [3.05, 3.63) is 0 Å². The summed E-state index contributed by atoms with van der Waals surface area (Å²) in [6, 6.07) is 0. The summed E-state index contributed by atoms with van der Waals surface area (Å²) in [4.78, 5) is 0. The van der Waals surface area contributed by atoms with Gasteiger partial charge >= 0.3 is 0 Å². The summed E-state index contributed by atoms with van der Waals surface area (Å²) in [7, 11) is 0. The molecule has 0 nitrogen and oxygen atoms in total. The molecule has 8 bridgehead atoms. The van der Waals surface area contributed by atoms with Gasteiger partial charge in [0.1, 0.15) is 0 Å². The van der Waals surface area contributed by atoms with E-state index in [1.807, 2.05) is 0 Å². The van der Waals surface area contributed by atoms with Crippen molar-refractivity contribution >= 4 is 45.2 Å². The van der Waals surface area contributed by atoms with Crippen LogP contribution in [0.3, 0.4) is 0 Å². The molecule has 122 valence electrons. The van der Waals surface area contributed by atoms with Gasteiger partial charge in [-0.2, -0.15) is 0 Å². The molecule has 0 aromatic heterocycles. The van der Waals surface area contributed by atoms with Crippen molar-refractivity contribution in [3.63, 3.8) is 0 Å². The molecule has 8 aliphatic rings. The lowest BCUT2D eigenvalue weighted by Gasteiger charge is -2.72. The molecule has 4 unspecified atom stereocenters. The van der Waals surface area contributed by atoms with Crippen molar-refractivity contribution in [2.45, 2.75) is 83.9 Å². The Morgan fingerprint density at radius 2 is 0.818 bits per heavy atom. The molecule has 8 atom stereocenters. The van der Waals surface area contributed by atoms with E-state index in [1.54, 1.807) is 77.0 Å². The van der Waals surface area contributed by atoms with Crippen molar-refractivity contribution in [3.8, 4) is 0 Å². The number of rotatable bonds is 1. The molecule has 8 saturated carbocycles. The molecule has 0 aliphatic heterocycles. The SMILES string of the molecule is IC12C[C@H]3C[C@@H](C1)CC(C14C[C@@H]5C[C@@H](CC(I)(C5)C1)C4)(C3)C2. The van der Waals surface area contributed by atoms with Gasteiger partial charge in [-0.3, -0.25) is 0 Å². The van der Waals surface area contributed by atoms with Crippen LogP contribution in [0.1, 0.15) is 77.0 Å². The van der Waals surface area contributed by atoms with Crippen LogP contribution in [0.5, 0.6) is 0 Å². The first-order valence-electron chi connectivity index (χ1n) is 9.77. The fourth-order valence-electron chi connectivity index (χ4n) is 9.54. The van der Waals surface area contributed by atoms with Gasteiger partial charge in [-0.1, -0.05) is 45.2 Å². The molecule has 0 amide bonds. The third-order valence-electron chi connectivity index (χ3n) is 9.10. The minimum absolute atomic E-state index is 0.712. The van der Waals surface area contributed by atoms with E-state index >= 15 is 0 Å². The highest BCUT2D eigenvalue weighted by atomic mass is 127. The minimum Gasteiger partial charge on any atom is -0.0788 e. The maximum absolute atomic E-state index is 2.94. The maximum atomic E-state index is 2.94. The van der Waals surface area contributed by atoms with E-state index in [0.717, 1.165) is 34.5 Å². The second-order valence-electron chi connectivity index (χ2n) is 10.8. The third kappa shape index (κ3) is 1.81. The van der Waals surface area contributed by atoms with E-state index in [1.165, 1.54) is 0 Å². The van der Waals surface area contributed by atoms with Crippen LogP contribution < -0.4 is 0 Å². The Hall–Kier alpha value is 1.46. The number of alkyl halides is 2.